The summed E-state index contributed by atoms with van der Waals surface area (Å²) in [6.07, 6.45) is -2.44. The molecule has 1 aliphatic heterocycles. The van der Waals surface area contributed by atoms with Crippen LogP contribution in [0.3, 0.4) is 0 Å². The van der Waals surface area contributed by atoms with Crippen molar-refractivity contribution in [1.82, 2.24) is 9.88 Å². The molecule has 0 radical (unpaired) electrons. The summed E-state index contributed by atoms with van der Waals surface area (Å²) in [5, 5.41) is 0. The van der Waals surface area contributed by atoms with Crippen LogP contribution in [0.2, 0.25) is 0 Å². The molecule has 0 saturated carbocycles. The van der Waals surface area contributed by atoms with E-state index in [1.165, 1.54) is 12.3 Å². The van der Waals surface area contributed by atoms with Gasteiger partial charge in [0, 0.05) is 37.8 Å². The minimum Gasteiger partial charge on any atom is -0.354 e. The second kappa shape index (κ2) is 6.37. The SMILES string of the molecule is CC(C)(C)C(=O)N1CCCN(c2ncccc2C(F)(F)F)CC1. The molecule has 1 aliphatic rings. The molecule has 0 spiro atoms. The van der Waals surface area contributed by atoms with E-state index in [2.05, 4.69) is 4.98 Å². The average molecular weight is 329 g/mol. The molecule has 0 aliphatic carbocycles. The number of alkyl halides is 3. The molecule has 0 bridgehead atoms. The Balaban J connectivity index is 2.18. The Kier molecular flexibility index (Phi) is 4.87. The van der Waals surface area contributed by atoms with Crippen LogP contribution >= 0.6 is 0 Å². The Morgan fingerprint density at radius 3 is 2.43 bits per heavy atom. The summed E-state index contributed by atoms with van der Waals surface area (Å²) in [5.74, 6) is -0.0264. The predicted molar refractivity (Wildman–Crippen MR) is 82.1 cm³/mol. The Hall–Kier alpha value is -1.79. The minimum absolute atomic E-state index is 0.0245. The zero-order valence-electron chi connectivity index (χ0n) is 13.7. The van der Waals surface area contributed by atoms with Crippen LogP contribution in [0.5, 0.6) is 0 Å². The van der Waals surface area contributed by atoms with Gasteiger partial charge < -0.3 is 9.80 Å². The standard InChI is InChI=1S/C16H22F3N3O/c1-15(2,3)14(23)22-9-5-8-21(10-11-22)13-12(16(17,18)19)6-4-7-20-13/h4,6-7H,5,8-11H2,1-3H3. The van der Waals surface area contributed by atoms with E-state index in [1.807, 2.05) is 20.8 Å². The van der Waals surface area contributed by atoms with Crippen molar-refractivity contribution < 1.29 is 18.0 Å². The van der Waals surface area contributed by atoms with Gasteiger partial charge in [0.2, 0.25) is 5.91 Å². The monoisotopic (exact) mass is 329 g/mol. The number of rotatable bonds is 1. The Bertz CT molecular complexity index is 566. The topological polar surface area (TPSA) is 36.4 Å². The molecule has 23 heavy (non-hydrogen) atoms. The third-order valence-corrected chi connectivity index (χ3v) is 3.82. The van der Waals surface area contributed by atoms with Crippen molar-refractivity contribution in [2.75, 3.05) is 31.1 Å². The van der Waals surface area contributed by atoms with Crippen molar-refractivity contribution in [2.45, 2.75) is 33.4 Å². The van der Waals surface area contributed by atoms with E-state index in [-0.39, 0.29) is 11.7 Å². The van der Waals surface area contributed by atoms with E-state index in [4.69, 9.17) is 0 Å². The summed E-state index contributed by atoms with van der Waals surface area (Å²) >= 11 is 0. The summed E-state index contributed by atoms with van der Waals surface area (Å²) in [6, 6.07) is 2.34. The number of aromatic nitrogens is 1. The van der Waals surface area contributed by atoms with Crippen molar-refractivity contribution in [1.29, 1.82) is 0 Å². The Labute approximate surface area is 134 Å². The molecule has 1 saturated heterocycles. The largest absolute Gasteiger partial charge is 0.419 e. The second-order valence-electron chi connectivity index (χ2n) is 6.76. The molecule has 1 aromatic rings. The van der Waals surface area contributed by atoms with Gasteiger partial charge in [-0.05, 0) is 18.6 Å². The van der Waals surface area contributed by atoms with Crippen molar-refractivity contribution in [2.24, 2.45) is 5.41 Å². The van der Waals surface area contributed by atoms with Gasteiger partial charge in [0.15, 0.2) is 0 Å². The first-order valence-corrected chi connectivity index (χ1v) is 7.67. The van der Waals surface area contributed by atoms with Gasteiger partial charge in [0.05, 0.1) is 5.56 Å². The van der Waals surface area contributed by atoms with Crippen LogP contribution in [-0.2, 0) is 11.0 Å². The van der Waals surface area contributed by atoms with Crippen molar-refractivity contribution in [3.05, 3.63) is 23.9 Å². The summed E-state index contributed by atoms with van der Waals surface area (Å²) < 4.78 is 39.4. The normalized spacial score (nSPS) is 17.1. The van der Waals surface area contributed by atoms with Gasteiger partial charge in [-0.2, -0.15) is 13.2 Å². The van der Waals surface area contributed by atoms with E-state index in [0.717, 1.165) is 6.07 Å². The smallest absolute Gasteiger partial charge is 0.354 e. The van der Waals surface area contributed by atoms with E-state index in [9.17, 15) is 18.0 Å². The number of hydrogen-bond donors (Lipinski definition) is 0. The minimum atomic E-state index is -4.43. The maximum atomic E-state index is 13.1. The van der Waals surface area contributed by atoms with Gasteiger partial charge in [-0.1, -0.05) is 20.8 Å². The van der Waals surface area contributed by atoms with Crippen LogP contribution in [0.25, 0.3) is 0 Å². The molecule has 4 nitrogen and oxygen atoms in total. The van der Waals surface area contributed by atoms with Crippen molar-refractivity contribution in [3.8, 4) is 0 Å². The summed E-state index contributed by atoms with van der Waals surface area (Å²) in [7, 11) is 0. The van der Waals surface area contributed by atoms with Gasteiger partial charge in [-0.15, -0.1) is 0 Å². The zero-order valence-corrected chi connectivity index (χ0v) is 13.7. The van der Waals surface area contributed by atoms with E-state index >= 15 is 0 Å². The summed E-state index contributed by atoms with van der Waals surface area (Å²) in [6.45, 7) is 7.30. The van der Waals surface area contributed by atoms with E-state index in [1.54, 1.807) is 9.80 Å². The Morgan fingerprint density at radius 2 is 1.83 bits per heavy atom. The maximum Gasteiger partial charge on any atom is 0.419 e. The third kappa shape index (κ3) is 4.14. The number of carbonyl (C=O) groups excluding carboxylic acids is 1. The second-order valence-corrected chi connectivity index (χ2v) is 6.76. The average Bonchev–Trinajstić information content (AvgIpc) is 2.70. The molecule has 0 unspecified atom stereocenters. The van der Waals surface area contributed by atoms with E-state index in [0.29, 0.717) is 32.6 Å². The number of anilines is 1. The predicted octanol–water partition coefficient (Wildman–Crippen LogP) is 3.19. The third-order valence-electron chi connectivity index (χ3n) is 3.82. The highest BCUT2D eigenvalue weighted by Crippen LogP contribution is 2.35. The van der Waals surface area contributed by atoms with Gasteiger partial charge in [0.1, 0.15) is 5.82 Å². The van der Waals surface area contributed by atoms with Crippen LogP contribution in [0.4, 0.5) is 19.0 Å². The first-order valence-electron chi connectivity index (χ1n) is 7.67. The maximum absolute atomic E-state index is 13.1. The lowest BCUT2D eigenvalue weighted by molar-refractivity contribution is -0.139. The van der Waals surface area contributed by atoms with Crippen LogP contribution in [0.1, 0.15) is 32.8 Å². The number of amides is 1. The number of carbonyl (C=O) groups is 1. The highest BCUT2D eigenvalue weighted by Gasteiger charge is 2.36. The first kappa shape index (κ1) is 17.6. The Morgan fingerprint density at radius 1 is 1.13 bits per heavy atom. The van der Waals surface area contributed by atoms with Gasteiger partial charge in [-0.25, -0.2) is 4.98 Å². The highest BCUT2D eigenvalue weighted by molar-refractivity contribution is 5.81. The highest BCUT2D eigenvalue weighted by atomic mass is 19.4. The van der Waals surface area contributed by atoms with Crippen molar-refractivity contribution in [3.63, 3.8) is 0 Å². The molecule has 1 aromatic heterocycles. The molecule has 0 atom stereocenters. The zero-order chi connectivity index (χ0) is 17.3. The molecule has 2 rings (SSSR count). The van der Waals surface area contributed by atoms with E-state index < -0.39 is 17.2 Å². The molecule has 1 fully saturated rings. The van der Waals surface area contributed by atoms with Crippen LogP contribution in [0, 0.1) is 5.41 Å². The van der Waals surface area contributed by atoms with Gasteiger partial charge in [0.25, 0.3) is 0 Å². The number of hydrogen-bond acceptors (Lipinski definition) is 3. The lowest BCUT2D eigenvalue weighted by atomic mass is 9.94. The quantitative estimate of drug-likeness (QED) is 0.794. The summed E-state index contributed by atoms with van der Waals surface area (Å²) in [4.78, 5) is 19.6. The lowest BCUT2D eigenvalue weighted by Gasteiger charge is -2.29. The molecule has 2 heterocycles. The fourth-order valence-corrected chi connectivity index (χ4v) is 2.68. The summed E-state index contributed by atoms with van der Waals surface area (Å²) in [5.41, 5.74) is -1.22. The van der Waals surface area contributed by atoms with Crippen LogP contribution < -0.4 is 4.90 Å². The molecular weight excluding hydrogens is 307 g/mol. The fraction of sp³-hybridized carbons (Fsp3) is 0.625. The molecule has 1 amide bonds. The van der Waals surface area contributed by atoms with Crippen LogP contribution in [-0.4, -0.2) is 42.0 Å². The first-order chi connectivity index (χ1) is 10.6. The fourth-order valence-electron chi connectivity index (χ4n) is 2.68. The lowest BCUT2D eigenvalue weighted by Crippen LogP contribution is -2.41. The number of pyridine rings is 1. The molecular formula is C16H22F3N3O. The number of halogens is 3. The molecule has 0 N–H and O–H groups in total. The molecule has 7 heteroatoms. The molecule has 128 valence electrons. The van der Waals surface area contributed by atoms with Crippen molar-refractivity contribution >= 4 is 11.7 Å². The number of nitrogens with zero attached hydrogens (tertiary/aromatic N) is 3. The van der Waals surface area contributed by atoms with Crippen LogP contribution in [0.15, 0.2) is 18.3 Å². The van der Waals surface area contributed by atoms with Gasteiger partial charge >= 0.3 is 6.18 Å². The van der Waals surface area contributed by atoms with Gasteiger partial charge in [-0.3, -0.25) is 4.79 Å². The molecule has 0 aromatic carbocycles.